The maximum absolute atomic E-state index is 6.47. The molecule has 0 amide bonds. The fourth-order valence-electron chi connectivity index (χ4n) is 9.05. The fourth-order valence-corrected chi connectivity index (χ4v) is 9.05. The molecule has 2 aromatic heterocycles. The van der Waals surface area contributed by atoms with Crippen LogP contribution >= 0.6 is 0 Å². The van der Waals surface area contributed by atoms with E-state index in [1.807, 2.05) is 24.3 Å². The molecule has 0 saturated heterocycles. The minimum atomic E-state index is 0.868. The van der Waals surface area contributed by atoms with Gasteiger partial charge in [-0.05, 0) is 113 Å². The zero-order chi connectivity index (χ0) is 33.9. The number of hydrogen-bond acceptors (Lipinski definition) is 2. The van der Waals surface area contributed by atoms with Gasteiger partial charge in [-0.2, -0.15) is 0 Å². The Kier molecular flexibility index (Phi) is 5.53. The molecule has 0 bridgehead atoms. The van der Waals surface area contributed by atoms with Crippen LogP contribution in [0.15, 0.2) is 179 Å². The Morgan fingerprint density at radius 2 is 0.577 bits per heavy atom. The predicted molar refractivity (Wildman–Crippen MR) is 219 cm³/mol. The van der Waals surface area contributed by atoms with Crippen molar-refractivity contribution < 1.29 is 8.83 Å². The van der Waals surface area contributed by atoms with Crippen molar-refractivity contribution in [3.8, 4) is 22.3 Å². The van der Waals surface area contributed by atoms with E-state index in [4.69, 9.17) is 8.83 Å². The van der Waals surface area contributed by atoms with Gasteiger partial charge in [0.05, 0.1) is 0 Å². The average Bonchev–Trinajstić information content (AvgIpc) is 3.77. The Morgan fingerprint density at radius 3 is 1.12 bits per heavy atom. The summed E-state index contributed by atoms with van der Waals surface area (Å²) in [6, 6.07) is 61.5. The van der Waals surface area contributed by atoms with E-state index >= 15 is 0 Å². The molecule has 12 aromatic rings. The van der Waals surface area contributed by atoms with Crippen molar-refractivity contribution in [1.82, 2.24) is 0 Å². The first-order valence-electron chi connectivity index (χ1n) is 17.8. The lowest BCUT2D eigenvalue weighted by Crippen LogP contribution is -1.91. The third kappa shape index (κ3) is 3.73. The summed E-state index contributed by atoms with van der Waals surface area (Å²) < 4.78 is 12.8. The van der Waals surface area contributed by atoms with Gasteiger partial charge in [0.25, 0.3) is 0 Å². The van der Waals surface area contributed by atoms with E-state index in [2.05, 4.69) is 146 Å². The minimum Gasteiger partial charge on any atom is -0.456 e. The van der Waals surface area contributed by atoms with Gasteiger partial charge in [-0.3, -0.25) is 0 Å². The summed E-state index contributed by atoms with van der Waals surface area (Å²) in [4.78, 5) is 0. The smallest absolute Gasteiger partial charge is 0.136 e. The van der Waals surface area contributed by atoms with Gasteiger partial charge >= 0.3 is 0 Å². The Hall–Kier alpha value is -6.90. The molecule has 52 heavy (non-hydrogen) atoms. The second-order valence-corrected chi connectivity index (χ2v) is 13.9. The van der Waals surface area contributed by atoms with Crippen LogP contribution in [-0.2, 0) is 0 Å². The monoisotopic (exact) mass is 660 g/mol. The zero-order valence-electron chi connectivity index (χ0n) is 28.0. The Balaban J connectivity index is 1.16. The van der Waals surface area contributed by atoms with Crippen LogP contribution in [0.5, 0.6) is 0 Å². The fraction of sp³-hybridized carbons (Fsp3) is 0. The molecular formula is C50H28O2. The molecule has 0 atom stereocenters. The highest BCUT2D eigenvalue weighted by Crippen LogP contribution is 2.47. The zero-order valence-corrected chi connectivity index (χ0v) is 28.0. The van der Waals surface area contributed by atoms with Crippen molar-refractivity contribution in [2.24, 2.45) is 0 Å². The molecule has 0 aliphatic carbocycles. The molecule has 0 unspecified atom stereocenters. The van der Waals surface area contributed by atoms with Gasteiger partial charge in [0.2, 0.25) is 0 Å². The van der Waals surface area contributed by atoms with Gasteiger partial charge < -0.3 is 8.83 Å². The lowest BCUT2D eigenvalue weighted by Gasteiger charge is -2.18. The van der Waals surface area contributed by atoms with E-state index in [0.29, 0.717) is 0 Å². The summed E-state index contributed by atoms with van der Waals surface area (Å²) in [5.41, 5.74) is 8.37. The molecule has 2 heteroatoms. The van der Waals surface area contributed by atoms with E-state index in [1.165, 1.54) is 70.6 Å². The van der Waals surface area contributed by atoms with Gasteiger partial charge in [-0.25, -0.2) is 0 Å². The molecule has 12 rings (SSSR count). The summed E-state index contributed by atoms with van der Waals surface area (Å²) in [5.74, 6) is 0. The standard InChI is InChI=1S/C50H28O2/c1-2-13-33-31(11-1)32-12-3-4-14-34(32)41-27-29(21-23-35(33)41)47-36-15-5-7-17-38(36)48(39-18-8-6-16-37(39)47)30-22-24-44-42(28-30)50-46(52-44)26-25-45-49(50)40-19-9-10-20-43(40)51-45/h1-28H. The minimum absolute atomic E-state index is 0.868. The summed E-state index contributed by atoms with van der Waals surface area (Å²) >= 11 is 0. The first-order chi connectivity index (χ1) is 25.8. The van der Waals surface area contributed by atoms with E-state index in [1.54, 1.807) is 0 Å². The van der Waals surface area contributed by atoms with Gasteiger partial charge in [-0.1, -0.05) is 133 Å². The lowest BCUT2D eigenvalue weighted by atomic mass is 9.84. The lowest BCUT2D eigenvalue weighted by molar-refractivity contribution is 0.663. The second-order valence-electron chi connectivity index (χ2n) is 13.9. The van der Waals surface area contributed by atoms with Crippen LogP contribution in [0.2, 0.25) is 0 Å². The van der Waals surface area contributed by atoms with Crippen LogP contribution in [0.4, 0.5) is 0 Å². The predicted octanol–water partition coefficient (Wildman–Crippen LogP) is 14.6. The third-order valence-electron chi connectivity index (χ3n) is 11.2. The Bertz CT molecular complexity index is 3380. The Labute approximate surface area is 297 Å². The van der Waals surface area contributed by atoms with Crippen LogP contribution in [-0.4, -0.2) is 0 Å². The third-order valence-corrected chi connectivity index (χ3v) is 11.2. The highest BCUT2D eigenvalue weighted by atomic mass is 16.3. The Morgan fingerprint density at radius 1 is 0.231 bits per heavy atom. The second kappa shape index (κ2) is 10.3. The molecule has 2 nitrogen and oxygen atoms in total. The van der Waals surface area contributed by atoms with Crippen molar-refractivity contribution in [2.45, 2.75) is 0 Å². The molecule has 0 aliphatic rings. The van der Waals surface area contributed by atoms with Crippen molar-refractivity contribution in [2.75, 3.05) is 0 Å². The number of furan rings is 2. The van der Waals surface area contributed by atoms with Crippen LogP contribution in [0.3, 0.4) is 0 Å². The first-order valence-corrected chi connectivity index (χ1v) is 17.8. The molecule has 0 saturated carbocycles. The molecule has 2 heterocycles. The van der Waals surface area contributed by atoms with Gasteiger partial charge in [0.1, 0.15) is 22.3 Å². The van der Waals surface area contributed by atoms with E-state index in [0.717, 1.165) is 49.4 Å². The van der Waals surface area contributed by atoms with Crippen LogP contribution in [0, 0.1) is 0 Å². The summed E-state index contributed by atoms with van der Waals surface area (Å²) in [6.45, 7) is 0. The van der Waals surface area contributed by atoms with Gasteiger partial charge in [0.15, 0.2) is 0 Å². The van der Waals surface area contributed by atoms with Gasteiger partial charge in [0, 0.05) is 21.5 Å². The number of benzene rings is 10. The molecule has 0 radical (unpaired) electrons. The molecule has 10 aromatic carbocycles. The highest BCUT2D eigenvalue weighted by Gasteiger charge is 2.20. The van der Waals surface area contributed by atoms with E-state index in [-0.39, 0.29) is 0 Å². The van der Waals surface area contributed by atoms with Crippen molar-refractivity contribution in [3.05, 3.63) is 170 Å². The van der Waals surface area contributed by atoms with E-state index < -0.39 is 0 Å². The maximum atomic E-state index is 6.47. The normalized spacial score (nSPS) is 12.2. The SMILES string of the molecule is c1ccc2c(c1)oc1ccc3oc4ccc(-c5c6ccccc6c(-c6ccc7c8ccccc8c8ccccc8c7c6)c6ccccc56)cc4c3c12. The molecular weight excluding hydrogens is 633 g/mol. The molecule has 0 fully saturated rings. The maximum Gasteiger partial charge on any atom is 0.136 e. The molecule has 0 N–H and O–H groups in total. The number of fused-ring (bicyclic) bond motifs is 15. The average molecular weight is 661 g/mol. The summed E-state index contributed by atoms with van der Waals surface area (Å²) in [6.07, 6.45) is 0. The molecule has 0 spiro atoms. The van der Waals surface area contributed by atoms with Crippen molar-refractivity contribution >= 4 is 97.7 Å². The van der Waals surface area contributed by atoms with E-state index in [9.17, 15) is 0 Å². The number of hydrogen-bond donors (Lipinski definition) is 0. The number of rotatable bonds is 2. The largest absolute Gasteiger partial charge is 0.456 e. The quantitative estimate of drug-likeness (QED) is 0.136. The first kappa shape index (κ1) is 27.9. The molecule has 240 valence electrons. The number of para-hydroxylation sites is 1. The highest BCUT2D eigenvalue weighted by molar-refractivity contribution is 6.29. The van der Waals surface area contributed by atoms with Crippen LogP contribution in [0.1, 0.15) is 0 Å². The summed E-state index contributed by atoms with van der Waals surface area (Å²) in [5, 5.41) is 17.0. The molecule has 0 aliphatic heterocycles. The van der Waals surface area contributed by atoms with Crippen molar-refractivity contribution in [1.29, 1.82) is 0 Å². The van der Waals surface area contributed by atoms with Crippen LogP contribution in [0.25, 0.3) is 120 Å². The van der Waals surface area contributed by atoms with Crippen molar-refractivity contribution in [3.63, 3.8) is 0 Å². The summed E-state index contributed by atoms with van der Waals surface area (Å²) in [7, 11) is 0. The topological polar surface area (TPSA) is 26.3 Å². The van der Waals surface area contributed by atoms with Crippen LogP contribution < -0.4 is 0 Å². The van der Waals surface area contributed by atoms with Gasteiger partial charge in [-0.15, -0.1) is 0 Å².